The molecular weight excluding hydrogens is 256 g/mol. The van der Waals surface area contributed by atoms with Gasteiger partial charge in [-0.15, -0.1) is 0 Å². The lowest BCUT2D eigenvalue weighted by Crippen LogP contribution is -2.43. The lowest BCUT2D eigenvalue weighted by molar-refractivity contribution is 0.156. The Bertz CT molecular complexity index is 443. The van der Waals surface area contributed by atoms with E-state index in [1.165, 1.54) is 10.5 Å². The molecule has 0 aliphatic carbocycles. The highest BCUT2D eigenvalue weighted by Gasteiger charge is 2.16. The van der Waals surface area contributed by atoms with E-state index in [0.717, 1.165) is 11.1 Å². The molecule has 0 unspecified atom stereocenters. The van der Waals surface area contributed by atoms with E-state index in [9.17, 15) is 4.79 Å². The Morgan fingerprint density at radius 1 is 1.25 bits per heavy atom. The van der Waals surface area contributed by atoms with Crippen molar-refractivity contribution in [3.8, 4) is 0 Å². The molecule has 0 saturated heterocycles. The summed E-state index contributed by atoms with van der Waals surface area (Å²) in [5.74, 6) is 0. The van der Waals surface area contributed by atoms with Gasteiger partial charge in [-0.1, -0.05) is 23.8 Å². The summed E-state index contributed by atoms with van der Waals surface area (Å²) in [6.07, 6.45) is 0. The maximum atomic E-state index is 12.1. The van der Waals surface area contributed by atoms with Crippen molar-refractivity contribution in [2.75, 3.05) is 26.3 Å². The molecule has 3 N–H and O–H groups in total. The minimum atomic E-state index is -0.277. The smallest absolute Gasteiger partial charge is 0.318 e. The fourth-order valence-corrected chi connectivity index (χ4v) is 2.22. The molecule has 1 aromatic rings. The highest BCUT2D eigenvalue weighted by atomic mass is 16.3. The number of aryl methyl sites for hydroxylation is 2. The Morgan fingerprint density at radius 2 is 1.85 bits per heavy atom. The Morgan fingerprint density at radius 3 is 2.35 bits per heavy atom. The number of benzene rings is 1. The monoisotopic (exact) mass is 280 g/mol. The van der Waals surface area contributed by atoms with E-state index < -0.39 is 0 Å². The second kappa shape index (κ2) is 7.87. The van der Waals surface area contributed by atoms with E-state index >= 15 is 0 Å². The summed E-state index contributed by atoms with van der Waals surface area (Å²) < 4.78 is 0. The van der Waals surface area contributed by atoms with Crippen LogP contribution in [0.3, 0.4) is 0 Å². The first kappa shape index (κ1) is 16.5. The number of aliphatic hydroxyl groups excluding tert-OH is 2. The van der Waals surface area contributed by atoms with Crippen LogP contribution < -0.4 is 5.32 Å². The van der Waals surface area contributed by atoms with Gasteiger partial charge in [0.2, 0.25) is 0 Å². The summed E-state index contributed by atoms with van der Waals surface area (Å²) in [4.78, 5) is 13.5. The van der Waals surface area contributed by atoms with Gasteiger partial charge in [0.05, 0.1) is 19.3 Å². The van der Waals surface area contributed by atoms with Crippen molar-refractivity contribution in [1.82, 2.24) is 10.2 Å². The molecule has 0 heterocycles. The first-order chi connectivity index (χ1) is 9.49. The zero-order valence-electron chi connectivity index (χ0n) is 12.4. The number of carbonyl (C=O) groups excluding carboxylic acids is 1. The number of nitrogens with one attached hydrogen (secondary N) is 1. The predicted molar refractivity (Wildman–Crippen MR) is 78.6 cm³/mol. The highest BCUT2D eigenvalue weighted by molar-refractivity contribution is 5.74. The molecular formula is C15H24N2O3. The average molecular weight is 280 g/mol. The number of hydrogen-bond donors (Lipinski definition) is 3. The molecule has 112 valence electrons. The van der Waals surface area contributed by atoms with Crippen LogP contribution in [0.25, 0.3) is 0 Å². The third-order valence-corrected chi connectivity index (χ3v) is 3.26. The molecule has 0 spiro atoms. The van der Waals surface area contributed by atoms with Gasteiger partial charge in [0.15, 0.2) is 0 Å². The largest absolute Gasteiger partial charge is 0.395 e. The van der Waals surface area contributed by atoms with Gasteiger partial charge in [0.1, 0.15) is 0 Å². The Kier molecular flexibility index (Phi) is 6.48. The van der Waals surface area contributed by atoms with E-state index in [-0.39, 0.29) is 38.4 Å². The fourth-order valence-electron chi connectivity index (χ4n) is 2.22. The maximum Gasteiger partial charge on any atom is 0.318 e. The zero-order valence-corrected chi connectivity index (χ0v) is 12.4. The third kappa shape index (κ3) is 4.51. The number of urea groups is 1. The van der Waals surface area contributed by atoms with Crippen molar-refractivity contribution in [2.45, 2.75) is 26.8 Å². The van der Waals surface area contributed by atoms with Gasteiger partial charge < -0.3 is 20.4 Å². The quantitative estimate of drug-likeness (QED) is 0.736. The van der Waals surface area contributed by atoms with Gasteiger partial charge in [-0.25, -0.2) is 4.79 Å². The lowest BCUT2D eigenvalue weighted by atomic mass is 10.0. The molecule has 1 atom stereocenters. The van der Waals surface area contributed by atoms with Crippen LogP contribution in [-0.2, 0) is 0 Å². The number of carbonyl (C=O) groups is 1. The summed E-state index contributed by atoms with van der Waals surface area (Å²) in [7, 11) is 0. The van der Waals surface area contributed by atoms with Crippen molar-refractivity contribution in [1.29, 1.82) is 0 Å². The van der Waals surface area contributed by atoms with Crippen LogP contribution in [0.5, 0.6) is 0 Å². The first-order valence-electron chi connectivity index (χ1n) is 6.84. The van der Waals surface area contributed by atoms with Crippen molar-refractivity contribution in [3.05, 3.63) is 34.9 Å². The van der Waals surface area contributed by atoms with Crippen molar-refractivity contribution < 1.29 is 15.0 Å². The summed E-state index contributed by atoms with van der Waals surface area (Å²) >= 11 is 0. The molecule has 1 aromatic carbocycles. The number of aliphatic hydroxyl groups is 2. The van der Waals surface area contributed by atoms with Gasteiger partial charge in [-0.05, 0) is 31.9 Å². The number of rotatable bonds is 6. The van der Waals surface area contributed by atoms with Crippen LogP contribution in [-0.4, -0.2) is 47.4 Å². The molecule has 20 heavy (non-hydrogen) atoms. The van der Waals surface area contributed by atoms with Crippen LogP contribution in [0.4, 0.5) is 4.79 Å². The van der Waals surface area contributed by atoms with E-state index in [0.29, 0.717) is 0 Å². The van der Waals surface area contributed by atoms with Crippen LogP contribution in [0, 0.1) is 13.8 Å². The summed E-state index contributed by atoms with van der Waals surface area (Å²) in [6, 6.07) is 5.71. The Hall–Kier alpha value is -1.59. The molecule has 2 amide bonds. The molecule has 0 aliphatic heterocycles. The lowest BCUT2D eigenvalue weighted by Gasteiger charge is -2.24. The fraction of sp³-hybridized carbons (Fsp3) is 0.533. The molecule has 0 fully saturated rings. The number of hydrogen-bond acceptors (Lipinski definition) is 3. The van der Waals surface area contributed by atoms with Crippen molar-refractivity contribution in [2.24, 2.45) is 0 Å². The number of nitrogens with zero attached hydrogens (tertiary/aromatic N) is 1. The molecule has 0 radical (unpaired) electrons. The second-order valence-electron chi connectivity index (χ2n) is 4.97. The molecule has 0 bridgehead atoms. The summed E-state index contributed by atoms with van der Waals surface area (Å²) in [5.41, 5.74) is 3.39. The van der Waals surface area contributed by atoms with Crippen molar-refractivity contribution in [3.63, 3.8) is 0 Å². The molecule has 5 heteroatoms. The molecule has 1 rings (SSSR count). The van der Waals surface area contributed by atoms with Crippen LogP contribution in [0.2, 0.25) is 0 Å². The predicted octanol–water partition coefficient (Wildman–Crippen LogP) is 1.36. The third-order valence-electron chi connectivity index (χ3n) is 3.26. The highest BCUT2D eigenvalue weighted by Crippen LogP contribution is 2.18. The number of amides is 2. The van der Waals surface area contributed by atoms with Gasteiger partial charge in [-0.2, -0.15) is 0 Å². The summed E-state index contributed by atoms with van der Waals surface area (Å²) in [5, 5.41) is 20.8. The molecule has 0 aromatic heterocycles. The van der Waals surface area contributed by atoms with E-state index in [1.807, 2.05) is 32.9 Å². The van der Waals surface area contributed by atoms with E-state index in [4.69, 9.17) is 10.2 Å². The molecule has 5 nitrogen and oxygen atoms in total. The topological polar surface area (TPSA) is 72.8 Å². The standard InChI is InChI=1S/C15H24N2O3/c1-11-4-5-14(12(2)10-11)13(3)16-15(20)17(6-8-18)7-9-19/h4-5,10,13,18-19H,6-9H2,1-3H3,(H,16,20)/t13-/m0/s1. The normalized spacial score (nSPS) is 12.1. The molecule has 0 saturated carbocycles. The zero-order chi connectivity index (χ0) is 15.1. The average Bonchev–Trinajstić information content (AvgIpc) is 2.38. The van der Waals surface area contributed by atoms with Gasteiger partial charge in [0, 0.05) is 13.1 Å². The maximum absolute atomic E-state index is 12.1. The Balaban J connectivity index is 2.72. The minimum Gasteiger partial charge on any atom is -0.395 e. The molecule has 0 aliphatic rings. The van der Waals surface area contributed by atoms with E-state index in [2.05, 4.69) is 11.4 Å². The SMILES string of the molecule is Cc1ccc([C@H](C)NC(=O)N(CCO)CCO)c(C)c1. The van der Waals surface area contributed by atoms with Gasteiger partial charge >= 0.3 is 6.03 Å². The van der Waals surface area contributed by atoms with Gasteiger partial charge in [0.25, 0.3) is 0 Å². The van der Waals surface area contributed by atoms with Crippen LogP contribution in [0.1, 0.15) is 29.7 Å². The minimum absolute atomic E-state index is 0.120. The van der Waals surface area contributed by atoms with Crippen molar-refractivity contribution >= 4 is 6.03 Å². The summed E-state index contributed by atoms with van der Waals surface area (Å²) in [6.45, 7) is 6.16. The first-order valence-corrected chi connectivity index (χ1v) is 6.84. The van der Waals surface area contributed by atoms with Crippen LogP contribution >= 0.6 is 0 Å². The van der Waals surface area contributed by atoms with Gasteiger partial charge in [-0.3, -0.25) is 0 Å². The van der Waals surface area contributed by atoms with E-state index in [1.54, 1.807) is 0 Å². The van der Waals surface area contributed by atoms with Crippen LogP contribution in [0.15, 0.2) is 18.2 Å². The second-order valence-corrected chi connectivity index (χ2v) is 4.97. The Labute approximate surface area is 120 Å².